The SMILES string of the molecule is C.C=O.C=O.C=S.C=S.CC.CC.CC.CC.O.O.S.S.[Tb].[Tb].[Tb].[Tb]. The van der Waals surface area contributed by atoms with Gasteiger partial charge >= 0.3 is 0 Å². The predicted octanol–water partition coefficient (Wildman–Crippen LogP) is 4.18. The molecule has 0 saturated carbocycles. The number of carbonyl (C=O) groups excluding carboxylic acids is 2. The van der Waals surface area contributed by atoms with Gasteiger partial charge in [-0.15, -0.1) is 0 Å². The molecule has 0 aromatic rings. The summed E-state index contributed by atoms with van der Waals surface area (Å²) < 4.78 is 0. The fraction of sp³-hybridized carbons (Fsp3) is 0.692. The molecule has 12 heteroatoms. The second-order valence-electron chi connectivity index (χ2n) is 0. The van der Waals surface area contributed by atoms with Crippen molar-refractivity contribution in [1.82, 2.24) is 0 Å². The zero-order valence-corrected chi connectivity index (χ0v) is 28.0. The first kappa shape index (κ1) is 147. The van der Waals surface area contributed by atoms with Crippen LogP contribution in [0.2, 0.25) is 0 Å². The van der Waals surface area contributed by atoms with Gasteiger partial charge in [-0.3, -0.25) is 0 Å². The Labute approximate surface area is 307 Å². The third-order valence-corrected chi connectivity index (χ3v) is 0. The van der Waals surface area contributed by atoms with Gasteiger partial charge in [0.15, 0.2) is 0 Å². The van der Waals surface area contributed by atoms with Crippen LogP contribution in [-0.2, 0) is 9.59 Å². The molecule has 180 valence electrons. The van der Waals surface area contributed by atoms with Gasteiger partial charge in [0, 0.05) is 154 Å². The average molecular weight is 1030 g/mol. The molecule has 0 heterocycles. The minimum absolute atomic E-state index is 0. The quantitative estimate of drug-likeness (QED) is 0.341. The molecule has 0 aromatic carbocycles. The van der Waals surface area contributed by atoms with Crippen molar-refractivity contribution in [2.75, 3.05) is 0 Å². The van der Waals surface area contributed by atoms with Crippen molar-refractivity contribution in [3.05, 3.63) is 0 Å². The molecule has 0 aliphatic heterocycles. The topological polar surface area (TPSA) is 97.1 Å². The molecule has 25 heavy (non-hydrogen) atoms. The largest absolute Gasteiger partial charge is 0.412 e. The first-order chi connectivity index (χ1) is 8.00. The van der Waals surface area contributed by atoms with Gasteiger partial charge in [-0.2, -0.15) is 27.0 Å². The van der Waals surface area contributed by atoms with Crippen LogP contribution in [0.4, 0.5) is 0 Å². The van der Waals surface area contributed by atoms with Crippen molar-refractivity contribution in [3.63, 3.8) is 0 Å². The maximum atomic E-state index is 8.00. The molecule has 0 atom stereocenters. The van der Waals surface area contributed by atoms with E-state index in [4.69, 9.17) is 9.59 Å². The monoisotopic (exact) mass is 1030 g/mol. The molecule has 0 unspecified atom stereocenters. The standard InChI is InChI=1S/4C2H6.2CH2O.2CH2S.CH4.2H2O.2H2S.4Tb/c8*1-2;;;;;;;;;/h4*1-2H3;4*1H2;1H4;4*1H2;;;;. The fourth-order valence-corrected chi connectivity index (χ4v) is 0. The Bertz CT molecular complexity index is 52.0. The molecule has 0 saturated heterocycles. The molecule has 0 bridgehead atoms. The third kappa shape index (κ3) is 781. The van der Waals surface area contributed by atoms with E-state index in [1.54, 1.807) is 0 Å². The van der Waals surface area contributed by atoms with E-state index >= 15 is 0 Å². The van der Waals surface area contributed by atoms with Crippen LogP contribution in [0.15, 0.2) is 0 Å². The molecule has 0 aliphatic carbocycles. The van der Waals surface area contributed by atoms with Crippen molar-refractivity contribution >= 4 is 76.7 Å². The molecule has 0 aliphatic rings. The minimum atomic E-state index is 0. The van der Waals surface area contributed by atoms with Gasteiger partial charge in [0.2, 0.25) is 0 Å². The second kappa shape index (κ2) is 839. The van der Waals surface area contributed by atoms with E-state index in [1.165, 1.54) is 0 Å². The van der Waals surface area contributed by atoms with Gasteiger partial charge in [-0.1, -0.05) is 87.3 Å². The van der Waals surface area contributed by atoms with Crippen LogP contribution in [0.1, 0.15) is 62.8 Å². The Hall–Kier alpha value is 5.28. The second-order valence-corrected chi connectivity index (χ2v) is 0. The smallest absolute Gasteiger partial charge is 0.106 e. The first-order valence-corrected chi connectivity index (χ1v) is 6.31. The molecule has 4 radical (unpaired) electrons. The molecule has 0 rings (SSSR count). The van der Waals surface area contributed by atoms with Crippen LogP contribution in [0.5, 0.6) is 0 Å². The summed E-state index contributed by atoms with van der Waals surface area (Å²) in [6, 6.07) is 0. The Balaban J connectivity index is -0.00000000186. The van der Waals surface area contributed by atoms with Gasteiger partial charge in [0.05, 0.1) is 0 Å². The molecule has 4 nitrogen and oxygen atoms in total. The number of rotatable bonds is 0. The number of carbonyl (C=O) groups is 2. The molecule has 4 N–H and O–H groups in total. The zero-order chi connectivity index (χ0) is 16.0. The van der Waals surface area contributed by atoms with Crippen LogP contribution >= 0.6 is 51.4 Å². The van der Waals surface area contributed by atoms with Gasteiger partial charge in [0.1, 0.15) is 13.6 Å². The molecule has 0 spiro atoms. The fourth-order valence-electron chi connectivity index (χ4n) is 0. The van der Waals surface area contributed by atoms with Gasteiger partial charge < -0.3 is 20.5 Å². The summed E-state index contributed by atoms with van der Waals surface area (Å²) in [5.41, 5.74) is 0. The summed E-state index contributed by atoms with van der Waals surface area (Å²) in [5.74, 6) is 5.67. The van der Waals surface area contributed by atoms with E-state index < -0.39 is 0 Å². The van der Waals surface area contributed by atoms with Crippen LogP contribution in [0.25, 0.3) is 0 Å². The molecular weight excluding hydrogens is 984 g/mol. The Morgan fingerprint density at radius 1 is 0.440 bits per heavy atom. The average Bonchev–Trinajstić information content (AvgIpc) is 2.54. The Morgan fingerprint density at radius 3 is 0.440 bits per heavy atom. The van der Waals surface area contributed by atoms with Crippen LogP contribution < -0.4 is 0 Å². The predicted molar refractivity (Wildman–Crippen MR) is 124 cm³/mol. The van der Waals surface area contributed by atoms with Gasteiger partial charge in [-0.05, 0) is 11.7 Å². The van der Waals surface area contributed by atoms with Crippen molar-refractivity contribution in [2.45, 2.75) is 62.8 Å². The van der Waals surface area contributed by atoms with Crippen molar-refractivity contribution in [2.24, 2.45) is 0 Å². The zero-order valence-electron chi connectivity index (χ0n) is 15.8. The number of thiocarbonyl (C=S) groups is 2. The molecule has 0 fully saturated rings. The summed E-state index contributed by atoms with van der Waals surface area (Å²) in [7, 11) is 0. The van der Waals surface area contributed by atoms with E-state index in [1.807, 2.05) is 69.0 Å². The van der Waals surface area contributed by atoms with E-state index in [-0.39, 0.29) is 200 Å². The van der Waals surface area contributed by atoms with Gasteiger partial charge in [-0.25, -0.2) is 0 Å². The maximum Gasteiger partial charge on any atom is 0.106 e. The van der Waals surface area contributed by atoms with Gasteiger partial charge in [0.25, 0.3) is 0 Å². The van der Waals surface area contributed by atoms with E-state index in [0.717, 1.165) is 0 Å². The minimum Gasteiger partial charge on any atom is -0.412 e. The molecule has 0 amide bonds. The summed E-state index contributed by atoms with van der Waals surface area (Å²) >= 11 is 7.67. The Morgan fingerprint density at radius 2 is 0.440 bits per heavy atom. The maximum absolute atomic E-state index is 8.00. The third-order valence-electron chi connectivity index (χ3n) is 0. The van der Waals surface area contributed by atoms with Crippen LogP contribution in [-0.4, -0.2) is 36.3 Å². The van der Waals surface area contributed by atoms with E-state index in [9.17, 15) is 0 Å². The van der Waals surface area contributed by atoms with Crippen molar-refractivity contribution < 1.29 is 175 Å². The van der Waals surface area contributed by atoms with Crippen molar-refractivity contribution in [1.29, 1.82) is 0 Å². The summed E-state index contributed by atoms with van der Waals surface area (Å²) in [6.45, 7) is 20.0. The Kier molecular flexibility index (Phi) is 4940. The summed E-state index contributed by atoms with van der Waals surface area (Å²) in [6.07, 6.45) is 0. The normalized spacial score (nSPS) is 1.60. The summed E-state index contributed by atoms with van der Waals surface area (Å²) in [5, 5.41) is 0. The van der Waals surface area contributed by atoms with Crippen LogP contribution in [0.3, 0.4) is 0 Å². The van der Waals surface area contributed by atoms with Crippen molar-refractivity contribution in [3.8, 4) is 0 Å². The molecule has 0 aromatic heterocycles. The number of hydrogen-bond acceptors (Lipinski definition) is 4. The molecular formula is C13H44O4S4Tb4. The van der Waals surface area contributed by atoms with E-state index in [2.05, 4.69) is 36.2 Å². The number of hydrogen-bond donors (Lipinski definition) is 0. The first-order valence-electron chi connectivity index (χ1n) is 5.15. The van der Waals surface area contributed by atoms with Crippen LogP contribution in [0, 0.1) is 154 Å². The van der Waals surface area contributed by atoms with E-state index in [0.29, 0.717) is 0 Å². The summed E-state index contributed by atoms with van der Waals surface area (Å²) in [4.78, 5) is 16.0.